The summed E-state index contributed by atoms with van der Waals surface area (Å²) < 4.78 is 57.4. The number of rotatable bonds is 52. The number of ether oxygens (including phenoxy) is 4. The van der Waals surface area contributed by atoms with Crippen molar-refractivity contribution in [1.29, 1.82) is 0 Å². The number of hydrogen-bond donors (Lipinski definition) is 2. The molecular formula is C67H112NO13P. The van der Waals surface area contributed by atoms with Gasteiger partial charge < -0.3 is 38.4 Å². The zero-order valence-electron chi connectivity index (χ0n) is 51.5. The molecule has 3 rings (SSSR count). The van der Waals surface area contributed by atoms with Crippen LogP contribution in [0.3, 0.4) is 0 Å². The highest BCUT2D eigenvalue weighted by molar-refractivity contribution is 7.49. The molecular weight excluding hydrogens is 1060 g/mol. The molecule has 1 amide bonds. The minimum atomic E-state index is -4.77. The van der Waals surface area contributed by atoms with E-state index >= 15 is 9.36 Å². The lowest BCUT2D eigenvalue weighted by Crippen LogP contribution is -2.62. The smallest absolute Gasteiger partial charge is 0.469 e. The minimum Gasteiger partial charge on any atom is -0.469 e. The highest BCUT2D eigenvalue weighted by Gasteiger charge is 2.51. The molecule has 2 N–H and O–H groups in total. The predicted octanol–water partition coefficient (Wildman–Crippen LogP) is 17.4. The van der Waals surface area contributed by atoms with E-state index in [9.17, 15) is 19.5 Å². The van der Waals surface area contributed by atoms with Crippen LogP contribution < -0.4 is 14.4 Å². The fraction of sp³-hybridized carbons (Fsp3) is 0.761. The van der Waals surface area contributed by atoms with Crippen molar-refractivity contribution in [2.75, 3.05) is 20.3 Å². The zero-order chi connectivity index (χ0) is 59.1. The van der Waals surface area contributed by atoms with Crippen LogP contribution in [0.25, 0.3) is 0 Å². The van der Waals surface area contributed by atoms with Gasteiger partial charge in [0, 0.05) is 0 Å². The van der Waals surface area contributed by atoms with E-state index < -0.39 is 74.6 Å². The Kier molecular flexibility index (Phi) is 41.7. The van der Waals surface area contributed by atoms with Gasteiger partial charge in [-0.05, 0) is 43.5 Å². The SMILES string of the molecule is CCCCCCCCCCCCCCCCC(CCCCCCCCCC)C(=O)O[C@H]1[C@H](OP(=O)(Oc2ccccc2)Oc2ccccc2)[C@@H](COC(=O)CCC(=O)OC)OC[C@@H]1NC(=O)CC(O)CCCCCCCCCCCCC. The van der Waals surface area contributed by atoms with Gasteiger partial charge >= 0.3 is 25.7 Å². The lowest BCUT2D eigenvalue weighted by molar-refractivity contribution is -0.195. The number of carbonyl (C=O) groups excluding carboxylic acids is 4. The summed E-state index contributed by atoms with van der Waals surface area (Å²) in [6, 6.07) is 15.7. The number of hydrogen-bond acceptors (Lipinski definition) is 13. The van der Waals surface area contributed by atoms with Gasteiger partial charge in [0.1, 0.15) is 30.3 Å². The van der Waals surface area contributed by atoms with Gasteiger partial charge in [-0.1, -0.05) is 269 Å². The molecule has 15 heteroatoms. The molecule has 0 aromatic heterocycles. The standard InChI is InChI=1S/C67H112NO13P/c1-5-8-11-14-17-20-22-23-24-26-27-30-33-38-45-56(44-37-32-29-19-16-13-10-7-3)67(73)78-65-60(68-62(70)53-57(69)46-39-34-31-28-25-21-18-15-12-9-6-2)54-76-61(55-77-64(72)52-51-63(71)75-4)66(65)81-82(74,79-58-47-40-35-41-48-58)80-59-49-42-36-43-50-59/h35-36,40-43,47-50,56-57,60-61,65-66,69H,5-34,37-39,44-46,51-55H2,1-4H3,(H,68,70)/t56?,57?,60-,61+,65+,66+/m0/s1. The summed E-state index contributed by atoms with van der Waals surface area (Å²) >= 11 is 0. The number of para-hydroxylation sites is 2. The summed E-state index contributed by atoms with van der Waals surface area (Å²) in [4.78, 5) is 54.2. The van der Waals surface area contributed by atoms with E-state index in [0.717, 1.165) is 77.0 Å². The topological polar surface area (TPSA) is 182 Å². The molecule has 468 valence electrons. The lowest BCUT2D eigenvalue weighted by atomic mass is 9.93. The number of phosphoric acid groups is 1. The van der Waals surface area contributed by atoms with Crippen molar-refractivity contribution < 1.29 is 61.4 Å². The fourth-order valence-corrected chi connectivity index (χ4v) is 12.2. The molecule has 0 spiro atoms. The number of nitrogens with one attached hydrogen (secondary N) is 1. The molecule has 82 heavy (non-hydrogen) atoms. The van der Waals surface area contributed by atoms with Gasteiger partial charge in [0.15, 0.2) is 6.10 Å². The van der Waals surface area contributed by atoms with Crippen LogP contribution in [0.2, 0.25) is 0 Å². The third-order valence-corrected chi connectivity index (χ3v) is 17.1. The summed E-state index contributed by atoms with van der Waals surface area (Å²) in [6.07, 6.45) is 34.8. The number of aliphatic hydroxyl groups is 1. The monoisotopic (exact) mass is 1170 g/mol. The number of methoxy groups -OCH3 is 1. The molecule has 2 aromatic carbocycles. The molecule has 0 radical (unpaired) electrons. The van der Waals surface area contributed by atoms with Crippen LogP contribution in [0.4, 0.5) is 0 Å². The molecule has 1 heterocycles. The third kappa shape index (κ3) is 34.7. The highest BCUT2D eigenvalue weighted by atomic mass is 31.2. The van der Waals surface area contributed by atoms with E-state index in [1.807, 2.05) is 0 Å². The first kappa shape index (κ1) is 72.3. The van der Waals surface area contributed by atoms with Crippen molar-refractivity contribution in [1.82, 2.24) is 5.32 Å². The van der Waals surface area contributed by atoms with Crippen molar-refractivity contribution in [3.63, 3.8) is 0 Å². The molecule has 14 nitrogen and oxygen atoms in total. The average Bonchev–Trinajstić information content (AvgIpc) is 3.66. The Labute approximate surface area is 496 Å². The maximum Gasteiger partial charge on any atom is 0.588 e. The van der Waals surface area contributed by atoms with Gasteiger partial charge in [-0.15, -0.1) is 0 Å². The normalized spacial score (nSPS) is 16.9. The van der Waals surface area contributed by atoms with Crippen LogP contribution in [0.15, 0.2) is 60.7 Å². The average molecular weight is 1170 g/mol. The Bertz CT molecular complexity index is 1910. The number of benzene rings is 2. The van der Waals surface area contributed by atoms with E-state index in [1.54, 1.807) is 60.7 Å². The van der Waals surface area contributed by atoms with Gasteiger partial charge in [0.2, 0.25) is 5.91 Å². The Morgan fingerprint density at radius 3 is 1.35 bits per heavy atom. The molecule has 1 aliphatic rings. The Balaban J connectivity index is 1.90. The minimum absolute atomic E-state index is 0.160. The second-order valence-corrected chi connectivity index (χ2v) is 24.5. The van der Waals surface area contributed by atoms with Gasteiger partial charge in [-0.2, -0.15) is 0 Å². The predicted molar refractivity (Wildman–Crippen MR) is 328 cm³/mol. The summed E-state index contributed by atoms with van der Waals surface area (Å²) in [5, 5.41) is 14.2. The van der Waals surface area contributed by atoms with Crippen molar-refractivity contribution in [2.45, 2.75) is 302 Å². The van der Waals surface area contributed by atoms with Crippen LogP contribution in [0.5, 0.6) is 11.5 Å². The van der Waals surface area contributed by atoms with Crippen LogP contribution >= 0.6 is 7.82 Å². The number of phosphoric ester groups is 1. The van der Waals surface area contributed by atoms with Gasteiger partial charge in [-0.3, -0.25) is 23.7 Å². The second-order valence-electron chi connectivity index (χ2n) is 23.1. The maximum absolute atomic E-state index is 15.3. The maximum atomic E-state index is 15.3. The molecule has 6 atom stereocenters. The first-order valence-corrected chi connectivity index (χ1v) is 34.3. The largest absolute Gasteiger partial charge is 0.588 e. The summed E-state index contributed by atoms with van der Waals surface area (Å²) in [6.45, 7) is 6.03. The van der Waals surface area contributed by atoms with Crippen LogP contribution in [0, 0.1) is 5.92 Å². The Morgan fingerprint density at radius 1 is 0.549 bits per heavy atom. The van der Waals surface area contributed by atoms with E-state index in [1.165, 1.54) is 142 Å². The number of amides is 1. The molecule has 0 bridgehead atoms. The molecule has 1 fully saturated rings. The second kappa shape index (κ2) is 47.3. The molecule has 0 saturated carbocycles. The van der Waals surface area contributed by atoms with Crippen LogP contribution in [0.1, 0.15) is 271 Å². The third-order valence-electron chi connectivity index (χ3n) is 15.7. The van der Waals surface area contributed by atoms with E-state index in [-0.39, 0.29) is 37.4 Å². The number of esters is 3. The molecule has 0 aliphatic carbocycles. The first-order valence-electron chi connectivity index (χ1n) is 32.8. The van der Waals surface area contributed by atoms with Crippen molar-refractivity contribution in [3.05, 3.63) is 60.7 Å². The quantitative estimate of drug-likeness (QED) is 0.0276. The van der Waals surface area contributed by atoms with Gasteiger partial charge in [0.05, 0.1) is 51.0 Å². The van der Waals surface area contributed by atoms with E-state index in [2.05, 4.69) is 26.1 Å². The Morgan fingerprint density at radius 2 is 0.939 bits per heavy atom. The fourth-order valence-electron chi connectivity index (χ4n) is 10.7. The number of unbranched alkanes of at least 4 members (excludes halogenated alkanes) is 30. The summed E-state index contributed by atoms with van der Waals surface area (Å²) in [7, 11) is -3.54. The number of carbonyl (C=O) groups is 4. The molecule has 1 saturated heterocycles. The van der Waals surface area contributed by atoms with Gasteiger partial charge in [0.25, 0.3) is 0 Å². The van der Waals surface area contributed by atoms with Gasteiger partial charge in [-0.25, -0.2) is 4.57 Å². The molecule has 2 unspecified atom stereocenters. The van der Waals surface area contributed by atoms with Crippen molar-refractivity contribution >= 4 is 31.6 Å². The van der Waals surface area contributed by atoms with E-state index in [4.69, 9.17) is 32.5 Å². The lowest BCUT2D eigenvalue weighted by Gasteiger charge is -2.42. The molecule has 1 aliphatic heterocycles. The van der Waals surface area contributed by atoms with E-state index in [0.29, 0.717) is 19.3 Å². The molecule has 2 aromatic rings. The summed E-state index contributed by atoms with van der Waals surface area (Å²) in [5.41, 5.74) is 0. The summed E-state index contributed by atoms with van der Waals surface area (Å²) in [5.74, 6) is -2.45. The Hall–Kier alpha value is -3.97. The number of aliphatic hydroxyl groups excluding tert-OH is 1. The van der Waals surface area contributed by atoms with Crippen LogP contribution in [-0.2, 0) is 47.2 Å². The van der Waals surface area contributed by atoms with Crippen LogP contribution in [-0.4, -0.2) is 79.7 Å². The zero-order valence-corrected chi connectivity index (χ0v) is 52.4. The first-order chi connectivity index (χ1) is 40.0. The highest BCUT2D eigenvalue weighted by Crippen LogP contribution is 2.52. The van der Waals surface area contributed by atoms with Crippen molar-refractivity contribution in [3.8, 4) is 11.5 Å². The van der Waals surface area contributed by atoms with Crippen molar-refractivity contribution in [2.24, 2.45) is 5.92 Å².